The van der Waals surface area contributed by atoms with E-state index in [0.717, 1.165) is 16.5 Å². The molecule has 2 aromatic rings. The standard InChI is InChI=1S/C15H14N2O3S/c18-14(19)8-5-11-3-6-12(7-4-11)17-15(20)16-10-13-2-1-9-21-13/h1-9H,10H2,(H,18,19)(H2,16,17,20). The van der Waals surface area contributed by atoms with Gasteiger partial charge in [0.05, 0.1) is 6.54 Å². The number of anilines is 1. The second-order valence-electron chi connectivity index (χ2n) is 4.18. The summed E-state index contributed by atoms with van der Waals surface area (Å²) in [4.78, 5) is 23.2. The average Bonchev–Trinajstić information content (AvgIpc) is 2.98. The van der Waals surface area contributed by atoms with Gasteiger partial charge in [-0.2, -0.15) is 0 Å². The highest BCUT2D eigenvalue weighted by molar-refractivity contribution is 7.09. The van der Waals surface area contributed by atoms with Gasteiger partial charge in [-0.25, -0.2) is 9.59 Å². The van der Waals surface area contributed by atoms with Crippen LogP contribution < -0.4 is 10.6 Å². The van der Waals surface area contributed by atoms with Gasteiger partial charge in [0, 0.05) is 16.6 Å². The minimum atomic E-state index is -0.995. The van der Waals surface area contributed by atoms with Crippen LogP contribution in [0.25, 0.3) is 6.08 Å². The third kappa shape index (κ3) is 5.12. The maximum atomic E-state index is 11.7. The Morgan fingerprint density at radius 1 is 1.19 bits per heavy atom. The first kappa shape index (κ1) is 14.8. The monoisotopic (exact) mass is 302 g/mol. The molecule has 1 aromatic heterocycles. The molecule has 0 saturated carbocycles. The number of urea groups is 1. The van der Waals surface area contributed by atoms with E-state index < -0.39 is 5.97 Å². The summed E-state index contributed by atoms with van der Waals surface area (Å²) in [7, 11) is 0. The molecule has 0 radical (unpaired) electrons. The van der Waals surface area contributed by atoms with Crippen LogP contribution in [-0.4, -0.2) is 17.1 Å². The predicted molar refractivity (Wildman–Crippen MR) is 83.3 cm³/mol. The summed E-state index contributed by atoms with van der Waals surface area (Å²) in [6.07, 6.45) is 2.55. The van der Waals surface area contributed by atoms with E-state index in [-0.39, 0.29) is 6.03 Å². The van der Waals surface area contributed by atoms with E-state index in [9.17, 15) is 9.59 Å². The van der Waals surface area contributed by atoms with Crippen molar-refractivity contribution in [3.8, 4) is 0 Å². The first-order valence-electron chi connectivity index (χ1n) is 6.22. The normalized spacial score (nSPS) is 10.5. The summed E-state index contributed by atoms with van der Waals surface area (Å²) in [5.41, 5.74) is 1.40. The molecule has 0 fully saturated rings. The van der Waals surface area contributed by atoms with Crippen LogP contribution >= 0.6 is 11.3 Å². The molecule has 0 saturated heterocycles. The number of aliphatic carboxylic acids is 1. The Labute approximate surface area is 125 Å². The fourth-order valence-electron chi connectivity index (χ4n) is 1.60. The summed E-state index contributed by atoms with van der Waals surface area (Å²) < 4.78 is 0. The molecule has 0 unspecified atom stereocenters. The Hall–Kier alpha value is -2.60. The second-order valence-corrected chi connectivity index (χ2v) is 5.21. The number of hydrogen-bond acceptors (Lipinski definition) is 3. The number of carbonyl (C=O) groups is 2. The second kappa shape index (κ2) is 7.25. The maximum Gasteiger partial charge on any atom is 0.328 e. The van der Waals surface area contributed by atoms with E-state index in [4.69, 9.17) is 5.11 Å². The molecule has 5 nitrogen and oxygen atoms in total. The van der Waals surface area contributed by atoms with E-state index in [1.807, 2.05) is 17.5 Å². The van der Waals surface area contributed by atoms with E-state index >= 15 is 0 Å². The molecule has 1 heterocycles. The first-order valence-corrected chi connectivity index (χ1v) is 7.10. The Kier molecular flexibility index (Phi) is 5.11. The van der Waals surface area contributed by atoms with Gasteiger partial charge in [-0.1, -0.05) is 18.2 Å². The molecular weight excluding hydrogens is 288 g/mol. The molecule has 0 atom stereocenters. The van der Waals surface area contributed by atoms with Gasteiger partial charge in [-0.3, -0.25) is 0 Å². The molecular formula is C15H14N2O3S. The van der Waals surface area contributed by atoms with Crippen LogP contribution in [0.5, 0.6) is 0 Å². The van der Waals surface area contributed by atoms with Crippen LogP contribution in [0.1, 0.15) is 10.4 Å². The van der Waals surface area contributed by atoms with Crippen molar-refractivity contribution < 1.29 is 14.7 Å². The van der Waals surface area contributed by atoms with Gasteiger partial charge >= 0.3 is 12.0 Å². The lowest BCUT2D eigenvalue weighted by Gasteiger charge is -2.06. The van der Waals surface area contributed by atoms with Gasteiger partial charge < -0.3 is 15.7 Å². The topological polar surface area (TPSA) is 78.4 Å². The van der Waals surface area contributed by atoms with Crippen LogP contribution in [0, 0.1) is 0 Å². The minimum Gasteiger partial charge on any atom is -0.478 e. The lowest BCUT2D eigenvalue weighted by molar-refractivity contribution is -0.131. The minimum absolute atomic E-state index is 0.280. The molecule has 0 bridgehead atoms. The Bertz CT molecular complexity index is 633. The number of amides is 2. The number of carboxylic acid groups (broad SMARTS) is 1. The summed E-state index contributed by atoms with van der Waals surface area (Å²) >= 11 is 1.58. The Balaban J connectivity index is 1.85. The average molecular weight is 302 g/mol. The Morgan fingerprint density at radius 3 is 2.57 bits per heavy atom. The number of nitrogens with one attached hydrogen (secondary N) is 2. The van der Waals surface area contributed by atoms with Crippen LogP contribution in [0.2, 0.25) is 0 Å². The van der Waals surface area contributed by atoms with Crippen molar-refractivity contribution in [3.63, 3.8) is 0 Å². The van der Waals surface area contributed by atoms with Crippen molar-refractivity contribution in [2.75, 3.05) is 5.32 Å². The molecule has 3 N–H and O–H groups in total. The van der Waals surface area contributed by atoms with Crippen molar-refractivity contribution in [1.29, 1.82) is 0 Å². The summed E-state index contributed by atoms with van der Waals surface area (Å²) in [5, 5.41) is 16.0. The van der Waals surface area contributed by atoms with Gasteiger partial charge in [-0.05, 0) is 35.2 Å². The maximum absolute atomic E-state index is 11.7. The lowest BCUT2D eigenvalue weighted by Crippen LogP contribution is -2.27. The number of carboxylic acids is 1. The summed E-state index contributed by atoms with van der Waals surface area (Å²) in [6.45, 7) is 0.489. The quantitative estimate of drug-likeness (QED) is 0.742. The van der Waals surface area contributed by atoms with Crippen LogP contribution in [0.15, 0.2) is 47.9 Å². The third-order valence-electron chi connectivity index (χ3n) is 2.59. The molecule has 108 valence electrons. The highest BCUT2D eigenvalue weighted by Gasteiger charge is 2.02. The number of carbonyl (C=O) groups excluding carboxylic acids is 1. The fourth-order valence-corrected chi connectivity index (χ4v) is 2.25. The van der Waals surface area contributed by atoms with Gasteiger partial charge in [0.2, 0.25) is 0 Å². The number of thiophene rings is 1. The SMILES string of the molecule is O=C(O)C=Cc1ccc(NC(=O)NCc2cccs2)cc1. The molecule has 2 amide bonds. The van der Waals surface area contributed by atoms with E-state index in [0.29, 0.717) is 12.2 Å². The molecule has 6 heteroatoms. The number of rotatable bonds is 5. The molecule has 0 aliphatic heterocycles. The Morgan fingerprint density at radius 2 is 1.95 bits per heavy atom. The van der Waals surface area contributed by atoms with E-state index in [1.54, 1.807) is 35.6 Å². The van der Waals surface area contributed by atoms with Gasteiger partial charge in [0.15, 0.2) is 0 Å². The van der Waals surface area contributed by atoms with Crippen molar-refractivity contribution >= 4 is 35.1 Å². The lowest BCUT2D eigenvalue weighted by atomic mass is 10.2. The number of hydrogen-bond donors (Lipinski definition) is 3. The van der Waals surface area contributed by atoms with Crippen LogP contribution in [0.4, 0.5) is 10.5 Å². The molecule has 21 heavy (non-hydrogen) atoms. The van der Waals surface area contributed by atoms with Crippen molar-refractivity contribution in [3.05, 3.63) is 58.3 Å². The van der Waals surface area contributed by atoms with Gasteiger partial charge in [-0.15, -0.1) is 11.3 Å². The highest BCUT2D eigenvalue weighted by atomic mass is 32.1. The first-order chi connectivity index (χ1) is 10.1. The van der Waals surface area contributed by atoms with Crippen molar-refractivity contribution in [1.82, 2.24) is 5.32 Å². The van der Waals surface area contributed by atoms with E-state index in [2.05, 4.69) is 10.6 Å². The van der Waals surface area contributed by atoms with Crippen LogP contribution in [-0.2, 0) is 11.3 Å². The zero-order valence-corrected chi connectivity index (χ0v) is 11.9. The van der Waals surface area contributed by atoms with E-state index in [1.165, 1.54) is 6.08 Å². The van der Waals surface area contributed by atoms with Crippen molar-refractivity contribution in [2.45, 2.75) is 6.54 Å². The highest BCUT2D eigenvalue weighted by Crippen LogP contribution is 2.11. The number of benzene rings is 1. The van der Waals surface area contributed by atoms with Crippen molar-refractivity contribution in [2.24, 2.45) is 0 Å². The molecule has 0 spiro atoms. The van der Waals surface area contributed by atoms with Crippen LogP contribution in [0.3, 0.4) is 0 Å². The smallest absolute Gasteiger partial charge is 0.328 e. The zero-order valence-electron chi connectivity index (χ0n) is 11.1. The third-order valence-corrected chi connectivity index (χ3v) is 3.47. The molecule has 1 aromatic carbocycles. The molecule has 0 aliphatic carbocycles. The molecule has 2 rings (SSSR count). The summed E-state index contributed by atoms with van der Waals surface area (Å²) in [5.74, 6) is -0.995. The fraction of sp³-hybridized carbons (Fsp3) is 0.0667. The van der Waals surface area contributed by atoms with Gasteiger partial charge in [0.1, 0.15) is 0 Å². The largest absolute Gasteiger partial charge is 0.478 e. The summed E-state index contributed by atoms with van der Waals surface area (Å²) in [6, 6.07) is 10.5. The van der Waals surface area contributed by atoms with Gasteiger partial charge in [0.25, 0.3) is 0 Å². The predicted octanol–water partition coefficient (Wildman–Crippen LogP) is 3.17. The zero-order chi connectivity index (χ0) is 15.1. The molecule has 0 aliphatic rings.